The molecule has 2 amide bonds. The fourth-order valence-corrected chi connectivity index (χ4v) is 5.82. The summed E-state index contributed by atoms with van der Waals surface area (Å²) in [5, 5.41) is 6.88. The van der Waals surface area contributed by atoms with Gasteiger partial charge in [-0.15, -0.1) is 0 Å². The molecular weight excluding hydrogens is 525 g/mol. The van der Waals surface area contributed by atoms with Crippen LogP contribution in [0.3, 0.4) is 0 Å². The molecule has 0 spiro atoms. The predicted molar refractivity (Wildman–Crippen MR) is 125 cm³/mol. The Balaban J connectivity index is 1.57. The van der Waals surface area contributed by atoms with Crippen molar-refractivity contribution in [3.63, 3.8) is 0 Å². The minimum Gasteiger partial charge on any atom is -0.497 e. The third-order valence-corrected chi connectivity index (χ3v) is 7.63. The summed E-state index contributed by atoms with van der Waals surface area (Å²) in [4.78, 5) is 12.6. The van der Waals surface area contributed by atoms with Crippen molar-refractivity contribution in [3.05, 3.63) is 53.3 Å². The fraction of sp³-hybridized carbons (Fsp3) is 0.348. The molecule has 1 fully saturated rings. The maximum absolute atomic E-state index is 14.1. The minimum atomic E-state index is -5.04. The molecule has 0 saturated carbocycles. The van der Waals surface area contributed by atoms with E-state index >= 15 is 0 Å². The number of hydrogen-bond donors (Lipinski definition) is 3. The van der Waals surface area contributed by atoms with Gasteiger partial charge in [0.25, 0.3) is 0 Å². The monoisotopic (exact) mass is 547 g/mol. The van der Waals surface area contributed by atoms with Crippen LogP contribution < -0.4 is 20.7 Å². The lowest BCUT2D eigenvalue weighted by molar-refractivity contribution is -0.158. The maximum atomic E-state index is 14.1. The highest BCUT2D eigenvalue weighted by Gasteiger charge is 2.45. The van der Waals surface area contributed by atoms with Gasteiger partial charge in [0.05, 0.1) is 18.6 Å². The summed E-state index contributed by atoms with van der Waals surface area (Å²) in [5.41, 5.74) is -0.316. The van der Waals surface area contributed by atoms with E-state index in [0.29, 0.717) is 18.2 Å². The van der Waals surface area contributed by atoms with E-state index in [1.807, 2.05) is 0 Å². The van der Waals surface area contributed by atoms with Crippen LogP contribution in [0.4, 0.5) is 38.1 Å². The van der Waals surface area contributed by atoms with Crippen molar-refractivity contribution in [1.29, 1.82) is 0 Å². The Morgan fingerprint density at radius 1 is 1.14 bits per heavy atom. The van der Waals surface area contributed by atoms with E-state index in [0.717, 1.165) is 6.07 Å². The third kappa shape index (κ3) is 5.89. The highest BCUT2D eigenvalue weighted by atomic mass is 32.2. The van der Waals surface area contributed by atoms with Crippen LogP contribution in [0, 0.1) is 18.6 Å². The van der Waals surface area contributed by atoms with E-state index in [-0.39, 0.29) is 39.9 Å². The number of furan rings is 1. The topological polar surface area (TPSA) is 110 Å². The van der Waals surface area contributed by atoms with Crippen LogP contribution in [0.5, 0.6) is 5.75 Å². The van der Waals surface area contributed by atoms with Crippen molar-refractivity contribution in [2.24, 2.45) is 0 Å². The number of rotatable bonds is 6. The first-order valence-corrected chi connectivity index (χ1v) is 12.8. The molecule has 0 aliphatic carbocycles. The van der Waals surface area contributed by atoms with E-state index in [1.54, 1.807) is 5.32 Å². The molecule has 1 saturated heterocycles. The van der Waals surface area contributed by atoms with Crippen LogP contribution >= 0.6 is 0 Å². The summed E-state index contributed by atoms with van der Waals surface area (Å²) in [5.74, 6) is -2.77. The maximum Gasteiger partial charge on any atom is 0.416 e. The molecule has 14 heteroatoms. The third-order valence-electron chi connectivity index (χ3n) is 5.86. The highest BCUT2D eigenvalue weighted by molar-refractivity contribution is 7.91. The van der Waals surface area contributed by atoms with Gasteiger partial charge < -0.3 is 25.1 Å². The Kier molecular flexibility index (Phi) is 6.97. The Bertz CT molecular complexity index is 1460. The molecule has 2 aromatic carbocycles. The molecule has 3 N–H and O–H groups in total. The lowest BCUT2D eigenvalue weighted by Gasteiger charge is -2.21. The molecule has 1 aliphatic heterocycles. The number of alkyl halides is 3. The van der Waals surface area contributed by atoms with Gasteiger partial charge in [-0.1, -0.05) is 0 Å². The molecule has 37 heavy (non-hydrogen) atoms. The molecule has 4 rings (SSSR count). The van der Waals surface area contributed by atoms with Gasteiger partial charge in [-0.3, -0.25) is 0 Å². The van der Waals surface area contributed by atoms with Gasteiger partial charge in [-0.2, -0.15) is 13.2 Å². The number of fused-ring (bicyclic) bond motifs is 1. The largest absolute Gasteiger partial charge is 0.497 e. The number of ether oxygens (including phenoxy) is 1. The summed E-state index contributed by atoms with van der Waals surface area (Å²) in [6, 6.07) is 1.30. The number of sulfone groups is 1. The van der Waals surface area contributed by atoms with E-state index < -0.39 is 51.1 Å². The predicted octanol–water partition coefficient (Wildman–Crippen LogP) is 5.05. The zero-order chi connectivity index (χ0) is 27.1. The average molecular weight is 548 g/mol. The van der Waals surface area contributed by atoms with Crippen molar-refractivity contribution >= 4 is 38.2 Å². The van der Waals surface area contributed by atoms with Gasteiger partial charge in [0.15, 0.2) is 27.3 Å². The second-order valence-electron chi connectivity index (χ2n) is 8.62. The highest BCUT2D eigenvalue weighted by Crippen LogP contribution is 2.39. The number of aryl methyl sites for hydroxylation is 1. The van der Waals surface area contributed by atoms with Crippen molar-refractivity contribution in [2.75, 3.05) is 29.2 Å². The quantitative estimate of drug-likeness (QED) is 0.373. The van der Waals surface area contributed by atoms with E-state index in [9.17, 15) is 35.2 Å². The Morgan fingerprint density at radius 2 is 1.84 bits per heavy atom. The Labute approximate surface area is 208 Å². The normalized spacial score (nSPS) is 18.0. The average Bonchev–Trinajstić information content (AvgIpc) is 3.29. The first-order chi connectivity index (χ1) is 17.3. The first-order valence-electron chi connectivity index (χ1n) is 10.9. The smallest absolute Gasteiger partial charge is 0.416 e. The number of anilines is 2. The molecule has 0 radical (unpaired) electrons. The molecule has 3 aromatic rings. The summed E-state index contributed by atoms with van der Waals surface area (Å²) >= 11 is 0. The van der Waals surface area contributed by atoms with Crippen LogP contribution in [0.1, 0.15) is 23.8 Å². The number of benzene rings is 2. The van der Waals surface area contributed by atoms with Gasteiger partial charge in [0.1, 0.15) is 17.3 Å². The Hall–Kier alpha value is -3.55. The number of amides is 2. The standard InChI is InChI=1S/C23H22F5N3O5S/c1-11-17-5-12(24)6-18(25)20(17)36-19(11)21(23(26,27)28)31-22(32)30-15-7-14(8-16(9-15)35-2)29-13-3-4-37(33,34)10-13/h5-9,13,21,29H,3-4,10H2,1-2H3,(H2,30,31,32)/t13-,21+/m1/s1. The zero-order valence-corrected chi connectivity index (χ0v) is 20.3. The first kappa shape index (κ1) is 26.5. The molecule has 1 aromatic heterocycles. The summed E-state index contributed by atoms with van der Waals surface area (Å²) in [6.45, 7) is 1.20. The number of carbonyl (C=O) groups excluding carboxylic acids is 1. The summed E-state index contributed by atoms with van der Waals surface area (Å²) in [7, 11) is -1.82. The van der Waals surface area contributed by atoms with Crippen molar-refractivity contribution < 1.29 is 44.3 Å². The van der Waals surface area contributed by atoms with E-state index in [4.69, 9.17) is 9.15 Å². The van der Waals surface area contributed by atoms with Crippen molar-refractivity contribution in [2.45, 2.75) is 31.6 Å². The second kappa shape index (κ2) is 9.72. The Morgan fingerprint density at radius 3 is 2.46 bits per heavy atom. The SMILES string of the molecule is COc1cc(NC(=O)N[C@@H](c2oc3c(F)cc(F)cc3c2C)C(F)(F)F)cc(N[C@@H]2CCS(=O)(=O)C2)c1. The summed E-state index contributed by atoms with van der Waals surface area (Å²) < 4.78 is 103. The van der Waals surface area contributed by atoms with Crippen LogP contribution in [0.2, 0.25) is 0 Å². The van der Waals surface area contributed by atoms with Crippen LogP contribution in [0.15, 0.2) is 34.7 Å². The number of methoxy groups -OCH3 is 1. The lowest BCUT2D eigenvalue weighted by Crippen LogP contribution is -2.40. The lowest BCUT2D eigenvalue weighted by atomic mass is 10.1. The van der Waals surface area contributed by atoms with Crippen LogP contribution in [-0.4, -0.2) is 45.3 Å². The number of carbonyl (C=O) groups is 1. The molecule has 2 atom stereocenters. The number of nitrogens with one attached hydrogen (secondary N) is 3. The van der Waals surface area contributed by atoms with Crippen molar-refractivity contribution in [3.8, 4) is 5.75 Å². The number of hydrogen-bond acceptors (Lipinski definition) is 6. The van der Waals surface area contributed by atoms with Crippen LogP contribution in [-0.2, 0) is 9.84 Å². The second-order valence-corrected chi connectivity index (χ2v) is 10.9. The zero-order valence-electron chi connectivity index (χ0n) is 19.5. The number of halogens is 5. The minimum absolute atomic E-state index is 0.0265. The van der Waals surface area contributed by atoms with Crippen LogP contribution in [0.25, 0.3) is 11.0 Å². The molecular formula is C23H22F5N3O5S. The van der Waals surface area contributed by atoms with Gasteiger partial charge in [0.2, 0.25) is 0 Å². The van der Waals surface area contributed by atoms with E-state index in [1.165, 1.54) is 32.2 Å². The molecule has 1 aliphatic rings. The molecule has 200 valence electrons. The molecule has 0 unspecified atom stereocenters. The van der Waals surface area contributed by atoms with Gasteiger partial charge in [-0.25, -0.2) is 22.0 Å². The fourth-order valence-electron chi connectivity index (χ4n) is 4.15. The molecule has 0 bridgehead atoms. The molecule has 8 nitrogen and oxygen atoms in total. The van der Waals surface area contributed by atoms with Gasteiger partial charge in [-0.05, 0) is 25.5 Å². The van der Waals surface area contributed by atoms with Gasteiger partial charge in [0, 0.05) is 46.6 Å². The van der Waals surface area contributed by atoms with Crippen molar-refractivity contribution in [1.82, 2.24) is 5.32 Å². The van der Waals surface area contributed by atoms with Gasteiger partial charge >= 0.3 is 12.2 Å². The summed E-state index contributed by atoms with van der Waals surface area (Å²) in [6.07, 6.45) is -4.67. The van der Waals surface area contributed by atoms with E-state index in [2.05, 4.69) is 10.6 Å². The number of urea groups is 1. The molecule has 2 heterocycles.